The van der Waals surface area contributed by atoms with Crippen LogP contribution < -0.4 is 5.73 Å². The van der Waals surface area contributed by atoms with Crippen LogP contribution in [0.25, 0.3) is 5.65 Å². The molecule has 0 radical (unpaired) electrons. The van der Waals surface area contributed by atoms with E-state index in [1.165, 1.54) is 5.69 Å². The zero-order chi connectivity index (χ0) is 10.8. The van der Waals surface area contributed by atoms with E-state index in [2.05, 4.69) is 34.5 Å². The molecule has 0 aliphatic carbocycles. The standard InChI is InChI=1S/C11H16N4/c1-8(2)11-14-13-10-5-3-4-9(6-7-12)15(10)11/h3-5,8H,6-7,12H2,1-2H3. The Labute approximate surface area is 89.1 Å². The van der Waals surface area contributed by atoms with Gasteiger partial charge < -0.3 is 5.73 Å². The van der Waals surface area contributed by atoms with E-state index in [9.17, 15) is 0 Å². The summed E-state index contributed by atoms with van der Waals surface area (Å²) in [5.41, 5.74) is 7.68. The minimum Gasteiger partial charge on any atom is -0.330 e. The Morgan fingerprint density at radius 3 is 2.80 bits per heavy atom. The second kappa shape index (κ2) is 3.98. The molecule has 4 nitrogen and oxygen atoms in total. The fourth-order valence-corrected chi connectivity index (χ4v) is 1.75. The molecule has 0 saturated carbocycles. The minimum atomic E-state index is 0.374. The van der Waals surface area contributed by atoms with Crippen LogP contribution in [-0.2, 0) is 6.42 Å². The van der Waals surface area contributed by atoms with Gasteiger partial charge >= 0.3 is 0 Å². The number of fused-ring (bicyclic) bond motifs is 1. The molecule has 0 unspecified atom stereocenters. The van der Waals surface area contributed by atoms with Gasteiger partial charge in [0.05, 0.1) is 0 Å². The van der Waals surface area contributed by atoms with Crippen LogP contribution in [0.3, 0.4) is 0 Å². The van der Waals surface area contributed by atoms with Crippen molar-refractivity contribution in [2.45, 2.75) is 26.2 Å². The number of pyridine rings is 1. The van der Waals surface area contributed by atoms with Crippen LogP contribution in [-0.4, -0.2) is 21.1 Å². The molecule has 0 fully saturated rings. The molecule has 15 heavy (non-hydrogen) atoms. The zero-order valence-corrected chi connectivity index (χ0v) is 9.14. The third-order valence-electron chi connectivity index (χ3n) is 2.45. The average Bonchev–Trinajstić information content (AvgIpc) is 2.62. The summed E-state index contributed by atoms with van der Waals surface area (Å²) in [5, 5.41) is 8.36. The Bertz CT molecular complexity index is 459. The SMILES string of the molecule is CC(C)c1nnc2cccc(CCN)n12. The highest BCUT2D eigenvalue weighted by molar-refractivity contribution is 5.40. The van der Waals surface area contributed by atoms with Crippen molar-refractivity contribution in [3.05, 3.63) is 29.7 Å². The van der Waals surface area contributed by atoms with Crippen LogP contribution in [0, 0.1) is 0 Å². The lowest BCUT2D eigenvalue weighted by molar-refractivity contribution is 0.740. The van der Waals surface area contributed by atoms with Crippen LogP contribution >= 0.6 is 0 Å². The molecule has 0 spiro atoms. The maximum atomic E-state index is 5.59. The summed E-state index contributed by atoms with van der Waals surface area (Å²) in [6, 6.07) is 6.05. The lowest BCUT2D eigenvalue weighted by Crippen LogP contribution is -2.09. The lowest BCUT2D eigenvalue weighted by atomic mass is 10.2. The predicted molar refractivity (Wildman–Crippen MR) is 59.8 cm³/mol. The number of nitrogens with two attached hydrogens (primary N) is 1. The highest BCUT2D eigenvalue weighted by atomic mass is 15.3. The Morgan fingerprint density at radius 1 is 1.33 bits per heavy atom. The van der Waals surface area contributed by atoms with Gasteiger partial charge in [0.15, 0.2) is 5.65 Å². The first-order valence-electron chi connectivity index (χ1n) is 5.27. The Kier molecular flexibility index (Phi) is 2.68. The molecule has 0 bridgehead atoms. The zero-order valence-electron chi connectivity index (χ0n) is 9.14. The minimum absolute atomic E-state index is 0.374. The maximum absolute atomic E-state index is 5.59. The molecular weight excluding hydrogens is 188 g/mol. The van der Waals surface area contributed by atoms with E-state index < -0.39 is 0 Å². The number of hydrogen-bond donors (Lipinski definition) is 1. The topological polar surface area (TPSA) is 56.2 Å². The van der Waals surface area contributed by atoms with Gasteiger partial charge in [-0.1, -0.05) is 19.9 Å². The monoisotopic (exact) mass is 204 g/mol. The van der Waals surface area contributed by atoms with Gasteiger partial charge in [0, 0.05) is 18.0 Å². The molecule has 0 aromatic carbocycles. The van der Waals surface area contributed by atoms with Gasteiger partial charge in [0.1, 0.15) is 5.82 Å². The van der Waals surface area contributed by atoms with E-state index in [-0.39, 0.29) is 0 Å². The van der Waals surface area contributed by atoms with Crippen LogP contribution in [0.5, 0.6) is 0 Å². The van der Waals surface area contributed by atoms with E-state index in [4.69, 9.17) is 5.73 Å². The molecule has 2 heterocycles. The highest BCUT2D eigenvalue weighted by Gasteiger charge is 2.11. The first-order chi connectivity index (χ1) is 7.24. The predicted octanol–water partition coefficient (Wildman–Crippen LogP) is 1.35. The molecule has 2 aromatic rings. The summed E-state index contributed by atoms with van der Waals surface area (Å²) in [6.07, 6.45) is 0.856. The molecule has 2 aromatic heterocycles. The van der Waals surface area contributed by atoms with Crippen molar-refractivity contribution in [3.8, 4) is 0 Å². The van der Waals surface area contributed by atoms with E-state index in [1.807, 2.05) is 12.1 Å². The van der Waals surface area contributed by atoms with Gasteiger partial charge in [-0.25, -0.2) is 0 Å². The first kappa shape index (κ1) is 10.1. The molecule has 80 valence electrons. The van der Waals surface area contributed by atoms with E-state index in [0.29, 0.717) is 12.5 Å². The normalized spacial score (nSPS) is 11.5. The largest absolute Gasteiger partial charge is 0.330 e. The Balaban J connectivity index is 2.63. The van der Waals surface area contributed by atoms with Crippen molar-refractivity contribution in [2.75, 3.05) is 6.54 Å². The second-order valence-corrected chi connectivity index (χ2v) is 3.96. The van der Waals surface area contributed by atoms with Crippen molar-refractivity contribution in [1.82, 2.24) is 14.6 Å². The van der Waals surface area contributed by atoms with Crippen molar-refractivity contribution >= 4 is 5.65 Å². The van der Waals surface area contributed by atoms with E-state index in [0.717, 1.165) is 17.9 Å². The summed E-state index contributed by atoms with van der Waals surface area (Å²) < 4.78 is 2.11. The summed E-state index contributed by atoms with van der Waals surface area (Å²) in [7, 11) is 0. The van der Waals surface area contributed by atoms with Gasteiger partial charge in [-0.3, -0.25) is 4.40 Å². The molecule has 0 saturated heterocycles. The Hall–Kier alpha value is -1.42. The average molecular weight is 204 g/mol. The summed E-state index contributed by atoms with van der Waals surface area (Å²) in [6.45, 7) is 4.89. The molecule has 4 heteroatoms. The van der Waals surface area contributed by atoms with Gasteiger partial charge in [-0.05, 0) is 18.7 Å². The van der Waals surface area contributed by atoms with Crippen molar-refractivity contribution < 1.29 is 0 Å². The molecule has 0 atom stereocenters. The fraction of sp³-hybridized carbons (Fsp3) is 0.455. The molecule has 2 rings (SSSR count). The van der Waals surface area contributed by atoms with Crippen LogP contribution in [0.2, 0.25) is 0 Å². The fourth-order valence-electron chi connectivity index (χ4n) is 1.75. The summed E-state index contributed by atoms with van der Waals surface area (Å²) in [5.74, 6) is 1.38. The molecular formula is C11H16N4. The van der Waals surface area contributed by atoms with Crippen molar-refractivity contribution in [2.24, 2.45) is 5.73 Å². The summed E-state index contributed by atoms with van der Waals surface area (Å²) >= 11 is 0. The third kappa shape index (κ3) is 1.72. The second-order valence-electron chi connectivity index (χ2n) is 3.96. The van der Waals surface area contributed by atoms with Gasteiger partial charge in [-0.15, -0.1) is 10.2 Å². The van der Waals surface area contributed by atoms with Crippen LogP contribution in [0.15, 0.2) is 18.2 Å². The first-order valence-corrected chi connectivity index (χ1v) is 5.27. The quantitative estimate of drug-likeness (QED) is 0.821. The number of nitrogens with zero attached hydrogens (tertiary/aromatic N) is 3. The van der Waals surface area contributed by atoms with Crippen molar-refractivity contribution in [1.29, 1.82) is 0 Å². The van der Waals surface area contributed by atoms with Crippen LogP contribution in [0.4, 0.5) is 0 Å². The smallest absolute Gasteiger partial charge is 0.160 e. The molecule has 0 aliphatic rings. The maximum Gasteiger partial charge on any atom is 0.160 e. The third-order valence-corrected chi connectivity index (χ3v) is 2.45. The van der Waals surface area contributed by atoms with Gasteiger partial charge in [0.2, 0.25) is 0 Å². The molecule has 0 aliphatic heterocycles. The number of hydrogen-bond acceptors (Lipinski definition) is 3. The highest BCUT2D eigenvalue weighted by Crippen LogP contribution is 2.16. The van der Waals surface area contributed by atoms with Gasteiger partial charge in [0.25, 0.3) is 0 Å². The van der Waals surface area contributed by atoms with E-state index >= 15 is 0 Å². The lowest BCUT2D eigenvalue weighted by Gasteiger charge is -2.08. The van der Waals surface area contributed by atoms with Crippen molar-refractivity contribution in [3.63, 3.8) is 0 Å². The number of rotatable bonds is 3. The summed E-state index contributed by atoms with van der Waals surface area (Å²) in [4.78, 5) is 0. The van der Waals surface area contributed by atoms with Gasteiger partial charge in [-0.2, -0.15) is 0 Å². The van der Waals surface area contributed by atoms with E-state index in [1.54, 1.807) is 0 Å². The number of aromatic nitrogens is 3. The molecule has 2 N–H and O–H groups in total. The Morgan fingerprint density at radius 2 is 2.13 bits per heavy atom. The molecule has 0 amide bonds. The van der Waals surface area contributed by atoms with Crippen LogP contribution in [0.1, 0.15) is 31.3 Å².